The van der Waals surface area contributed by atoms with E-state index in [0.29, 0.717) is 0 Å². The normalized spacial score (nSPS) is 50.0. The largest absolute Gasteiger partial charge is 0.394 e. The van der Waals surface area contributed by atoms with Crippen LogP contribution in [0.2, 0.25) is 0 Å². The summed E-state index contributed by atoms with van der Waals surface area (Å²) in [6.07, 6.45) is -11.6. The molecule has 0 bridgehead atoms. The van der Waals surface area contributed by atoms with E-state index in [1.54, 1.807) is 0 Å². The van der Waals surface area contributed by atoms with Crippen LogP contribution in [0.4, 0.5) is 0 Å². The van der Waals surface area contributed by atoms with Gasteiger partial charge in [0.1, 0.15) is 30.5 Å². The smallest absolute Gasteiger partial charge is 0.186 e. The zero-order chi connectivity index (χ0) is 16.4. The molecule has 2 aliphatic heterocycles. The fourth-order valence-corrected chi connectivity index (χ4v) is 2.57. The first-order chi connectivity index (χ1) is 10.4. The van der Waals surface area contributed by atoms with Gasteiger partial charge in [0.15, 0.2) is 12.6 Å². The summed E-state index contributed by atoms with van der Waals surface area (Å²) in [5, 5.41) is 57.9. The highest BCUT2D eigenvalue weighted by molar-refractivity contribution is 4.91. The van der Waals surface area contributed by atoms with Crippen molar-refractivity contribution in [1.82, 2.24) is 0 Å². The number of hydrogen-bond acceptors (Lipinski definition) is 10. The van der Waals surface area contributed by atoms with Crippen LogP contribution in [0.5, 0.6) is 0 Å². The third-order valence-electron chi connectivity index (χ3n) is 3.90. The average Bonchev–Trinajstić information content (AvgIpc) is 2.51. The molecule has 4 unspecified atom stereocenters. The van der Waals surface area contributed by atoms with Gasteiger partial charge in [-0.25, -0.2) is 0 Å². The summed E-state index contributed by atoms with van der Waals surface area (Å²) in [6, 6.07) is 0. The Morgan fingerprint density at radius 2 is 1.68 bits per heavy atom. The van der Waals surface area contributed by atoms with E-state index in [0.717, 1.165) is 0 Å². The summed E-state index contributed by atoms with van der Waals surface area (Å²) in [5.41, 5.74) is 5.47. The van der Waals surface area contributed by atoms with E-state index in [-0.39, 0.29) is 13.0 Å². The van der Waals surface area contributed by atoms with Gasteiger partial charge < -0.3 is 50.6 Å². The molecule has 0 aromatic heterocycles. The number of rotatable bonds is 4. The average molecular weight is 325 g/mol. The van der Waals surface area contributed by atoms with Gasteiger partial charge in [0, 0.05) is 13.0 Å². The van der Waals surface area contributed by atoms with Crippen LogP contribution in [0.1, 0.15) is 6.42 Å². The second kappa shape index (κ2) is 7.45. The molecule has 2 fully saturated rings. The van der Waals surface area contributed by atoms with Crippen molar-refractivity contribution in [2.45, 2.75) is 61.7 Å². The predicted octanol–water partition coefficient (Wildman–Crippen LogP) is -4.40. The first kappa shape index (κ1) is 17.9. The minimum Gasteiger partial charge on any atom is -0.394 e. The van der Waals surface area contributed by atoms with Gasteiger partial charge in [-0.15, -0.1) is 0 Å². The second-order valence-electron chi connectivity index (χ2n) is 5.49. The molecule has 2 heterocycles. The minimum absolute atomic E-state index is 0.0954. The number of ether oxygens (including phenoxy) is 3. The third kappa shape index (κ3) is 3.57. The van der Waals surface area contributed by atoms with E-state index < -0.39 is 61.9 Å². The van der Waals surface area contributed by atoms with E-state index in [4.69, 9.17) is 19.9 Å². The molecule has 130 valence electrons. The molecule has 0 aromatic carbocycles. The Kier molecular flexibility index (Phi) is 6.07. The summed E-state index contributed by atoms with van der Waals surface area (Å²) >= 11 is 0. The summed E-state index contributed by atoms with van der Waals surface area (Å²) in [6.45, 7) is -0.505. The number of nitrogens with two attached hydrogens (primary N) is 1. The summed E-state index contributed by atoms with van der Waals surface area (Å²) in [7, 11) is 0. The van der Waals surface area contributed by atoms with Gasteiger partial charge in [-0.05, 0) is 0 Å². The molecular formula is C12H23NO9. The first-order valence-corrected chi connectivity index (χ1v) is 7.06. The van der Waals surface area contributed by atoms with Gasteiger partial charge in [-0.3, -0.25) is 0 Å². The van der Waals surface area contributed by atoms with E-state index >= 15 is 0 Å². The Bertz CT molecular complexity index is 357. The van der Waals surface area contributed by atoms with Gasteiger partial charge in [0.25, 0.3) is 0 Å². The molecule has 10 heteroatoms. The second-order valence-corrected chi connectivity index (χ2v) is 5.49. The predicted molar refractivity (Wildman–Crippen MR) is 69.2 cm³/mol. The quantitative estimate of drug-likeness (QED) is 0.267. The van der Waals surface area contributed by atoms with Crippen molar-refractivity contribution in [3.8, 4) is 0 Å². The van der Waals surface area contributed by atoms with Gasteiger partial charge in [0.05, 0.1) is 18.8 Å². The van der Waals surface area contributed by atoms with Crippen LogP contribution < -0.4 is 5.73 Å². The van der Waals surface area contributed by atoms with E-state index in [1.165, 1.54) is 0 Å². The van der Waals surface area contributed by atoms with Crippen molar-refractivity contribution in [2.24, 2.45) is 5.73 Å². The molecular weight excluding hydrogens is 302 g/mol. The Morgan fingerprint density at radius 3 is 2.27 bits per heavy atom. The lowest BCUT2D eigenvalue weighted by Gasteiger charge is -2.44. The van der Waals surface area contributed by atoms with Crippen LogP contribution in [0.25, 0.3) is 0 Å². The Balaban J connectivity index is 2.08. The highest BCUT2D eigenvalue weighted by atomic mass is 16.7. The van der Waals surface area contributed by atoms with E-state index in [9.17, 15) is 30.6 Å². The van der Waals surface area contributed by atoms with Crippen molar-refractivity contribution in [3.63, 3.8) is 0 Å². The first-order valence-electron chi connectivity index (χ1n) is 7.06. The van der Waals surface area contributed by atoms with Crippen molar-refractivity contribution in [2.75, 3.05) is 13.2 Å². The molecule has 9 atom stereocenters. The lowest BCUT2D eigenvalue weighted by Crippen LogP contribution is -2.62. The van der Waals surface area contributed by atoms with Crippen LogP contribution in [-0.4, -0.2) is 99.1 Å². The zero-order valence-electron chi connectivity index (χ0n) is 11.8. The van der Waals surface area contributed by atoms with E-state index in [2.05, 4.69) is 0 Å². The molecule has 10 nitrogen and oxygen atoms in total. The molecule has 0 aliphatic carbocycles. The van der Waals surface area contributed by atoms with Crippen LogP contribution in [-0.2, 0) is 14.2 Å². The maximum atomic E-state index is 9.96. The molecule has 0 amide bonds. The molecule has 0 radical (unpaired) electrons. The van der Waals surface area contributed by atoms with Crippen molar-refractivity contribution < 1.29 is 44.8 Å². The molecule has 2 saturated heterocycles. The highest BCUT2D eigenvalue weighted by Gasteiger charge is 2.48. The standard InChI is InChI=1S/C12H23NO9/c13-2-4-1-5(15)7(16)12(20-4)22-10-6(3-14)21-11(19)9(18)8(10)17/h4-12,14-19H,1-3,13H2/t4?,5-,6?,7?,8+,9?,10-,11+,12-/m0/s1. The maximum Gasteiger partial charge on any atom is 0.186 e. The maximum absolute atomic E-state index is 9.96. The van der Waals surface area contributed by atoms with Crippen molar-refractivity contribution >= 4 is 0 Å². The van der Waals surface area contributed by atoms with Crippen molar-refractivity contribution in [1.29, 1.82) is 0 Å². The molecule has 2 rings (SSSR count). The SMILES string of the molecule is NCC1C[C@H](O)C(O)[C@H](O[C@H]2C(CO)O[C@@H](O)C(O)[C@H]2O)O1. The summed E-state index contributed by atoms with van der Waals surface area (Å²) < 4.78 is 15.7. The minimum atomic E-state index is -1.67. The molecule has 0 spiro atoms. The van der Waals surface area contributed by atoms with Crippen LogP contribution in [0.3, 0.4) is 0 Å². The summed E-state index contributed by atoms with van der Waals surface area (Å²) in [4.78, 5) is 0. The third-order valence-corrected chi connectivity index (χ3v) is 3.90. The molecule has 0 aromatic rings. The highest BCUT2D eigenvalue weighted by Crippen LogP contribution is 2.28. The van der Waals surface area contributed by atoms with Gasteiger partial charge in [-0.2, -0.15) is 0 Å². The Morgan fingerprint density at radius 1 is 1.00 bits per heavy atom. The van der Waals surface area contributed by atoms with Gasteiger partial charge >= 0.3 is 0 Å². The fraction of sp³-hybridized carbons (Fsp3) is 1.00. The topological polar surface area (TPSA) is 175 Å². The summed E-state index contributed by atoms with van der Waals surface area (Å²) in [5.74, 6) is 0. The lowest BCUT2D eigenvalue weighted by atomic mass is 9.98. The van der Waals surface area contributed by atoms with E-state index in [1.807, 2.05) is 0 Å². The Labute approximate surface area is 126 Å². The van der Waals surface area contributed by atoms with Crippen molar-refractivity contribution in [3.05, 3.63) is 0 Å². The molecule has 0 saturated carbocycles. The van der Waals surface area contributed by atoms with Gasteiger partial charge in [0.2, 0.25) is 0 Å². The number of hydrogen-bond donors (Lipinski definition) is 7. The van der Waals surface area contributed by atoms with Crippen LogP contribution in [0.15, 0.2) is 0 Å². The Hall–Kier alpha value is -0.400. The van der Waals surface area contributed by atoms with Crippen LogP contribution >= 0.6 is 0 Å². The molecule has 22 heavy (non-hydrogen) atoms. The van der Waals surface area contributed by atoms with Crippen LogP contribution in [0, 0.1) is 0 Å². The fourth-order valence-electron chi connectivity index (χ4n) is 2.57. The van der Waals surface area contributed by atoms with Gasteiger partial charge in [-0.1, -0.05) is 0 Å². The molecule has 2 aliphatic rings. The number of aliphatic hydroxyl groups is 6. The zero-order valence-corrected chi connectivity index (χ0v) is 11.8. The molecule has 8 N–H and O–H groups in total. The monoisotopic (exact) mass is 325 g/mol. The number of aliphatic hydroxyl groups excluding tert-OH is 6. The lowest BCUT2D eigenvalue weighted by molar-refractivity contribution is -0.342.